The van der Waals surface area contributed by atoms with Gasteiger partial charge in [0.15, 0.2) is 0 Å². The Kier molecular flexibility index (Phi) is 2.57. The summed E-state index contributed by atoms with van der Waals surface area (Å²) in [5.74, 6) is 0. The van der Waals surface area contributed by atoms with Gasteiger partial charge in [-0.3, -0.25) is 0 Å². The van der Waals surface area contributed by atoms with Crippen LogP contribution in [0.3, 0.4) is 0 Å². The molecule has 0 N–H and O–H groups in total. The molecule has 0 atom stereocenters. The zero-order valence-electron chi connectivity index (χ0n) is 9.05. The number of anilines is 1. The molecule has 0 spiro atoms. The average molecular weight is 220 g/mol. The van der Waals surface area contributed by atoms with Crippen LogP contribution >= 0.6 is 11.6 Å². The van der Waals surface area contributed by atoms with Gasteiger partial charge in [0.05, 0.1) is 0 Å². The maximum absolute atomic E-state index is 6.11. The lowest BCUT2D eigenvalue weighted by Crippen LogP contribution is -2.11. The molecular formula is C13H14ClN. The molecule has 0 amide bonds. The monoisotopic (exact) mass is 219 g/mol. The summed E-state index contributed by atoms with van der Waals surface area (Å²) in [7, 11) is 4.08. The molecule has 1 nitrogen and oxygen atoms in total. The second kappa shape index (κ2) is 3.74. The smallest absolute Gasteiger partial charge is 0.0432 e. The highest BCUT2D eigenvalue weighted by molar-refractivity contribution is 6.31. The van der Waals surface area contributed by atoms with Gasteiger partial charge in [0.1, 0.15) is 0 Å². The van der Waals surface area contributed by atoms with Crippen molar-refractivity contribution in [2.24, 2.45) is 0 Å². The van der Waals surface area contributed by atoms with Crippen LogP contribution in [0.15, 0.2) is 30.9 Å². The van der Waals surface area contributed by atoms with Gasteiger partial charge >= 0.3 is 0 Å². The molecule has 1 aliphatic rings. The predicted octanol–water partition coefficient (Wildman–Crippen LogP) is 3.53. The van der Waals surface area contributed by atoms with Gasteiger partial charge in [0.2, 0.25) is 0 Å². The highest BCUT2D eigenvalue weighted by atomic mass is 35.5. The fourth-order valence-electron chi connectivity index (χ4n) is 2.01. The van der Waals surface area contributed by atoms with Gasteiger partial charge in [-0.2, -0.15) is 0 Å². The molecule has 0 unspecified atom stereocenters. The van der Waals surface area contributed by atoms with E-state index in [1.54, 1.807) is 0 Å². The van der Waals surface area contributed by atoms with Gasteiger partial charge in [-0.25, -0.2) is 0 Å². The SMILES string of the molecule is C=CC1=CCc2c1cc(Cl)cc2N(C)C. The molecule has 0 fully saturated rings. The predicted molar refractivity (Wildman–Crippen MR) is 67.7 cm³/mol. The lowest BCUT2D eigenvalue weighted by molar-refractivity contribution is 1.10. The van der Waals surface area contributed by atoms with Crippen molar-refractivity contribution >= 4 is 22.9 Å². The largest absolute Gasteiger partial charge is 0.377 e. The lowest BCUT2D eigenvalue weighted by Gasteiger charge is -2.18. The van der Waals surface area contributed by atoms with Gasteiger partial charge in [-0.05, 0) is 35.3 Å². The fourth-order valence-corrected chi connectivity index (χ4v) is 2.22. The van der Waals surface area contributed by atoms with Gasteiger partial charge < -0.3 is 4.90 Å². The van der Waals surface area contributed by atoms with Crippen molar-refractivity contribution in [2.75, 3.05) is 19.0 Å². The number of rotatable bonds is 2. The van der Waals surface area contributed by atoms with E-state index in [0.717, 1.165) is 11.4 Å². The zero-order valence-corrected chi connectivity index (χ0v) is 9.80. The van der Waals surface area contributed by atoms with E-state index in [1.807, 2.05) is 32.3 Å². The summed E-state index contributed by atoms with van der Waals surface area (Å²) < 4.78 is 0. The van der Waals surface area contributed by atoms with E-state index in [0.29, 0.717) is 0 Å². The van der Waals surface area contributed by atoms with Crippen LogP contribution in [0.25, 0.3) is 5.57 Å². The third kappa shape index (κ3) is 1.68. The van der Waals surface area contributed by atoms with Crippen molar-refractivity contribution in [3.05, 3.63) is 47.0 Å². The number of hydrogen-bond donors (Lipinski definition) is 0. The summed E-state index contributed by atoms with van der Waals surface area (Å²) in [6.45, 7) is 3.82. The van der Waals surface area contributed by atoms with E-state index in [-0.39, 0.29) is 0 Å². The fraction of sp³-hybridized carbons (Fsp3) is 0.231. The third-order valence-corrected chi connectivity index (χ3v) is 2.95. The molecule has 0 aliphatic heterocycles. The summed E-state index contributed by atoms with van der Waals surface area (Å²) in [6.07, 6.45) is 5.06. The van der Waals surface area contributed by atoms with Crippen LogP contribution in [0.5, 0.6) is 0 Å². The Labute approximate surface area is 95.7 Å². The van der Waals surface area contributed by atoms with E-state index in [4.69, 9.17) is 11.6 Å². The molecule has 0 heterocycles. The summed E-state index contributed by atoms with van der Waals surface area (Å²) in [6, 6.07) is 4.03. The average Bonchev–Trinajstić information content (AvgIpc) is 2.58. The molecule has 0 saturated carbocycles. The maximum Gasteiger partial charge on any atom is 0.0432 e. The van der Waals surface area contributed by atoms with Gasteiger partial charge in [0.25, 0.3) is 0 Å². The van der Waals surface area contributed by atoms with Crippen LogP contribution in [0.4, 0.5) is 5.69 Å². The Morgan fingerprint density at radius 1 is 1.40 bits per heavy atom. The molecule has 2 rings (SSSR count). The molecule has 0 bridgehead atoms. The third-order valence-electron chi connectivity index (χ3n) is 2.73. The van der Waals surface area contributed by atoms with Gasteiger partial charge in [-0.1, -0.05) is 30.3 Å². The van der Waals surface area contributed by atoms with Crippen molar-refractivity contribution in [1.82, 2.24) is 0 Å². The van der Waals surface area contributed by atoms with Gasteiger partial charge in [0, 0.05) is 24.8 Å². The first-order valence-corrected chi connectivity index (χ1v) is 5.34. The summed E-state index contributed by atoms with van der Waals surface area (Å²) in [5.41, 5.74) is 4.96. The lowest BCUT2D eigenvalue weighted by atomic mass is 10.0. The number of halogens is 1. The quantitative estimate of drug-likeness (QED) is 0.736. The Morgan fingerprint density at radius 3 is 2.73 bits per heavy atom. The Hall–Kier alpha value is -1.21. The number of allylic oxidation sites excluding steroid dienone is 3. The van der Waals surface area contributed by atoms with Crippen LogP contribution in [-0.4, -0.2) is 14.1 Å². The van der Waals surface area contributed by atoms with E-state index in [2.05, 4.69) is 17.6 Å². The first kappa shape index (κ1) is 10.3. The molecule has 0 radical (unpaired) electrons. The van der Waals surface area contributed by atoms with Crippen LogP contribution in [0.2, 0.25) is 5.02 Å². The van der Waals surface area contributed by atoms with Crippen molar-refractivity contribution in [3.8, 4) is 0 Å². The number of benzene rings is 1. The van der Waals surface area contributed by atoms with Crippen molar-refractivity contribution in [1.29, 1.82) is 0 Å². The van der Waals surface area contributed by atoms with Crippen LogP contribution in [0.1, 0.15) is 11.1 Å². The molecule has 15 heavy (non-hydrogen) atoms. The Balaban J connectivity index is 2.61. The molecule has 0 aromatic heterocycles. The second-order valence-electron chi connectivity index (χ2n) is 3.91. The summed E-state index contributed by atoms with van der Waals surface area (Å²) >= 11 is 6.11. The Morgan fingerprint density at radius 2 is 2.13 bits per heavy atom. The molecule has 1 aromatic carbocycles. The van der Waals surface area contributed by atoms with Crippen LogP contribution in [-0.2, 0) is 6.42 Å². The van der Waals surface area contributed by atoms with Crippen LogP contribution in [0, 0.1) is 0 Å². The first-order chi connectivity index (χ1) is 7.13. The molecular weight excluding hydrogens is 206 g/mol. The highest BCUT2D eigenvalue weighted by Gasteiger charge is 2.17. The molecule has 1 aromatic rings. The van der Waals surface area contributed by atoms with E-state index in [1.165, 1.54) is 22.4 Å². The number of nitrogens with zero attached hydrogens (tertiary/aromatic N) is 1. The maximum atomic E-state index is 6.11. The van der Waals surface area contributed by atoms with E-state index >= 15 is 0 Å². The minimum atomic E-state index is 0.784. The number of hydrogen-bond acceptors (Lipinski definition) is 1. The van der Waals surface area contributed by atoms with Gasteiger partial charge in [-0.15, -0.1) is 0 Å². The normalized spacial score (nSPS) is 13.4. The Bertz CT molecular complexity index is 444. The molecule has 78 valence electrons. The molecule has 0 saturated heterocycles. The summed E-state index contributed by atoms with van der Waals surface area (Å²) in [4.78, 5) is 2.10. The topological polar surface area (TPSA) is 3.24 Å². The first-order valence-electron chi connectivity index (χ1n) is 4.96. The minimum Gasteiger partial charge on any atom is -0.377 e. The minimum absolute atomic E-state index is 0.784. The zero-order chi connectivity index (χ0) is 11.0. The van der Waals surface area contributed by atoms with Crippen molar-refractivity contribution in [2.45, 2.75) is 6.42 Å². The van der Waals surface area contributed by atoms with Crippen LogP contribution < -0.4 is 4.90 Å². The molecule has 1 aliphatic carbocycles. The highest BCUT2D eigenvalue weighted by Crippen LogP contribution is 2.36. The standard InChI is InChI=1S/C13H14ClN/c1-4-9-5-6-11-12(9)7-10(14)8-13(11)15(2)3/h4-5,7-8H,1,6H2,2-3H3. The molecule has 2 heteroatoms. The van der Waals surface area contributed by atoms with Crippen molar-refractivity contribution < 1.29 is 0 Å². The van der Waals surface area contributed by atoms with E-state index in [9.17, 15) is 0 Å². The second-order valence-corrected chi connectivity index (χ2v) is 4.35. The van der Waals surface area contributed by atoms with E-state index < -0.39 is 0 Å². The van der Waals surface area contributed by atoms with Crippen molar-refractivity contribution in [3.63, 3.8) is 0 Å². The number of fused-ring (bicyclic) bond motifs is 1. The summed E-state index contributed by atoms with van der Waals surface area (Å²) in [5, 5.41) is 0.784.